The van der Waals surface area contributed by atoms with Crippen molar-refractivity contribution in [3.05, 3.63) is 0 Å². The molecule has 0 saturated carbocycles. The molecule has 0 spiro atoms. The molecule has 16 heavy (non-hydrogen) atoms. The van der Waals surface area contributed by atoms with Gasteiger partial charge in [0.05, 0.1) is 37.2 Å². The van der Waals surface area contributed by atoms with E-state index in [4.69, 9.17) is 32.7 Å². The largest absolute Gasteiger partial charge is 0.378 e. The number of hydrogen-bond acceptors (Lipinski definition) is 2. The van der Waals surface area contributed by atoms with E-state index in [0.717, 1.165) is 25.7 Å². The summed E-state index contributed by atoms with van der Waals surface area (Å²) in [6.45, 7) is 6.65. The van der Waals surface area contributed by atoms with E-state index in [2.05, 4.69) is 13.8 Å². The van der Waals surface area contributed by atoms with Crippen LogP contribution < -0.4 is 0 Å². The molecule has 0 aromatic rings. The third kappa shape index (κ3) is 11.0. The van der Waals surface area contributed by atoms with Crippen molar-refractivity contribution in [2.75, 3.05) is 26.4 Å². The third-order valence-electron chi connectivity index (χ3n) is 2.17. The molecule has 0 bridgehead atoms. The first-order valence-electron chi connectivity index (χ1n) is 6.14. The fraction of sp³-hybridized carbons (Fsp3) is 1.00. The second-order valence-corrected chi connectivity index (χ2v) is 5.16. The van der Waals surface area contributed by atoms with Gasteiger partial charge in [-0.05, 0) is 12.8 Å². The van der Waals surface area contributed by atoms with E-state index in [0.29, 0.717) is 26.4 Å². The second kappa shape index (κ2) is 12.0. The van der Waals surface area contributed by atoms with Crippen LogP contribution in [0.2, 0.25) is 0 Å². The predicted molar refractivity (Wildman–Crippen MR) is 70.7 cm³/mol. The Hall–Kier alpha value is 0.500. The first kappa shape index (κ1) is 16.5. The maximum Gasteiger partial charge on any atom is 0.0701 e. The standard InChI is InChI=1S/C12H24Cl2O2/c1-3-5-11(13)9-15-7-8-16-10-12(14)6-4-2/h11-12H,3-10H2,1-2H3. The topological polar surface area (TPSA) is 18.5 Å². The molecule has 0 aromatic carbocycles. The van der Waals surface area contributed by atoms with Crippen LogP contribution in [-0.4, -0.2) is 37.2 Å². The lowest BCUT2D eigenvalue weighted by molar-refractivity contribution is 0.0469. The Morgan fingerprint density at radius 1 is 0.812 bits per heavy atom. The quantitative estimate of drug-likeness (QED) is 0.420. The molecule has 2 atom stereocenters. The fourth-order valence-electron chi connectivity index (χ4n) is 1.33. The number of halogens is 2. The molecule has 0 aliphatic heterocycles. The van der Waals surface area contributed by atoms with Crippen molar-refractivity contribution < 1.29 is 9.47 Å². The van der Waals surface area contributed by atoms with Gasteiger partial charge in [-0.3, -0.25) is 0 Å². The SMILES string of the molecule is CCCC(Cl)COCCOCC(Cl)CCC. The van der Waals surface area contributed by atoms with Crippen molar-refractivity contribution in [3.8, 4) is 0 Å². The average Bonchev–Trinajstić information content (AvgIpc) is 2.24. The van der Waals surface area contributed by atoms with Gasteiger partial charge in [0.1, 0.15) is 0 Å². The molecule has 2 nitrogen and oxygen atoms in total. The molecule has 0 aliphatic carbocycles. The van der Waals surface area contributed by atoms with E-state index >= 15 is 0 Å². The van der Waals surface area contributed by atoms with Gasteiger partial charge < -0.3 is 9.47 Å². The van der Waals surface area contributed by atoms with Gasteiger partial charge in [0.25, 0.3) is 0 Å². The van der Waals surface area contributed by atoms with Crippen LogP contribution in [0, 0.1) is 0 Å². The summed E-state index contributed by atoms with van der Waals surface area (Å²) in [4.78, 5) is 0. The molecule has 2 unspecified atom stereocenters. The van der Waals surface area contributed by atoms with Gasteiger partial charge >= 0.3 is 0 Å². The van der Waals surface area contributed by atoms with Gasteiger partial charge in [0, 0.05) is 0 Å². The predicted octanol–water partition coefficient (Wildman–Crippen LogP) is 3.83. The molecular weight excluding hydrogens is 247 g/mol. The fourth-order valence-corrected chi connectivity index (χ4v) is 1.95. The maximum absolute atomic E-state index is 6.00. The molecular formula is C12H24Cl2O2. The van der Waals surface area contributed by atoms with Crippen molar-refractivity contribution >= 4 is 23.2 Å². The number of hydrogen-bond donors (Lipinski definition) is 0. The van der Waals surface area contributed by atoms with Gasteiger partial charge in [-0.25, -0.2) is 0 Å². The van der Waals surface area contributed by atoms with Crippen LogP contribution in [0.1, 0.15) is 39.5 Å². The van der Waals surface area contributed by atoms with Crippen molar-refractivity contribution in [2.45, 2.75) is 50.3 Å². The molecule has 0 heterocycles. The van der Waals surface area contributed by atoms with Gasteiger partial charge in [-0.2, -0.15) is 0 Å². The Morgan fingerprint density at radius 2 is 1.19 bits per heavy atom. The van der Waals surface area contributed by atoms with Crippen LogP contribution in [0.25, 0.3) is 0 Å². The summed E-state index contributed by atoms with van der Waals surface area (Å²) < 4.78 is 10.8. The maximum atomic E-state index is 6.00. The Balaban J connectivity index is 3.15. The van der Waals surface area contributed by atoms with Gasteiger partial charge in [0.2, 0.25) is 0 Å². The number of ether oxygens (including phenoxy) is 2. The Morgan fingerprint density at radius 3 is 1.50 bits per heavy atom. The molecule has 0 aliphatic rings. The van der Waals surface area contributed by atoms with Crippen molar-refractivity contribution in [2.24, 2.45) is 0 Å². The average molecular weight is 271 g/mol. The molecule has 0 radical (unpaired) electrons. The van der Waals surface area contributed by atoms with Crippen molar-refractivity contribution in [1.82, 2.24) is 0 Å². The van der Waals surface area contributed by atoms with E-state index in [1.54, 1.807) is 0 Å². The van der Waals surface area contributed by atoms with Crippen LogP contribution in [0.5, 0.6) is 0 Å². The summed E-state index contributed by atoms with van der Waals surface area (Å²) >= 11 is 12.0. The monoisotopic (exact) mass is 270 g/mol. The van der Waals surface area contributed by atoms with E-state index in [1.807, 2.05) is 0 Å². The molecule has 98 valence electrons. The first-order chi connectivity index (χ1) is 7.70. The summed E-state index contributed by atoms with van der Waals surface area (Å²) in [6, 6.07) is 0. The van der Waals surface area contributed by atoms with Crippen molar-refractivity contribution in [1.29, 1.82) is 0 Å². The molecule has 0 fully saturated rings. The second-order valence-electron chi connectivity index (χ2n) is 3.92. The minimum atomic E-state index is 0.130. The first-order valence-corrected chi connectivity index (χ1v) is 7.01. The number of rotatable bonds is 11. The molecule has 0 N–H and O–H groups in total. The highest BCUT2D eigenvalue weighted by Crippen LogP contribution is 2.06. The van der Waals surface area contributed by atoms with Crippen LogP contribution in [0.4, 0.5) is 0 Å². The number of alkyl halides is 2. The zero-order valence-electron chi connectivity index (χ0n) is 10.4. The lowest BCUT2D eigenvalue weighted by Crippen LogP contribution is -2.15. The molecule has 4 heteroatoms. The van der Waals surface area contributed by atoms with E-state index in [9.17, 15) is 0 Å². The highest BCUT2D eigenvalue weighted by atomic mass is 35.5. The summed E-state index contributed by atoms with van der Waals surface area (Å²) in [5.41, 5.74) is 0. The lowest BCUT2D eigenvalue weighted by Gasteiger charge is -2.11. The molecule has 0 saturated heterocycles. The van der Waals surface area contributed by atoms with Crippen LogP contribution in [0.3, 0.4) is 0 Å². The molecule has 0 rings (SSSR count). The van der Waals surface area contributed by atoms with Gasteiger partial charge in [-0.15, -0.1) is 23.2 Å². The van der Waals surface area contributed by atoms with Crippen molar-refractivity contribution in [3.63, 3.8) is 0 Å². The zero-order chi connectivity index (χ0) is 12.2. The summed E-state index contributed by atoms with van der Waals surface area (Å²) in [7, 11) is 0. The van der Waals surface area contributed by atoms with E-state index < -0.39 is 0 Å². The van der Waals surface area contributed by atoms with E-state index in [-0.39, 0.29) is 10.8 Å². The summed E-state index contributed by atoms with van der Waals surface area (Å²) in [5.74, 6) is 0. The van der Waals surface area contributed by atoms with Gasteiger partial charge in [-0.1, -0.05) is 26.7 Å². The van der Waals surface area contributed by atoms with E-state index in [1.165, 1.54) is 0 Å². The molecule has 0 amide bonds. The third-order valence-corrected chi connectivity index (χ3v) is 2.86. The van der Waals surface area contributed by atoms with Gasteiger partial charge in [0.15, 0.2) is 0 Å². The van der Waals surface area contributed by atoms with Crippen LogP contribution in [-0.2, 0) is 9.47 Å². The molecule has 0 aromatic heterocycles. The normalized spacial score (nSPS) is 15.0. The minimum absolute atomic E-state index is 0.130. The highest BCUT2D eigenvalue weighted by molar-refractivity contribution is 6.20. The Bertz CT molecular complexity index is 129. The summed E-state index contributed by atoms with van der Waals surface area (Å²) in [6.07, 6.45) is 4.20. The lowest BCUT2D eigenvalue weighted by atomic mass is 10.2. The van der Waals surface area contributed by atoms with Crippen LogP contribution in [0.15, 0.2) is 0 Å². The minimum Gasteiger partial charge on any atom is -0.378 e. The Labute approximate surface area is 110 Å². The smallest absolute Gasteiger partial charge is 0.0701 e. The highest BCUT2D eigenvalue weighted by Gasteiger charge is 2.04. The Kier molecular flexibility index (Phi) is 12.3. The van der Waals surface area contributed by atoms with Crippen LogP contribution >= 0.6 is 23.2 Å². The zero-order valence-corrected chi connectivity index (χ0v) is 11.9. The summed E-state index contributed by atoms with van der Waals surface area (Å²) in [5, 5.41) is 0.261.